The Labute approximate surface area is 121 Å². The second-order valence-electron chi connectivity index (χ2n) is 4.22. The first-order chi connectivity index (χ1) is 9.20. The molecule has 0 saturated heterocycles. The quantitative estimate of drug-likeness (QED) is 0.581. The van der Waals surface area contributed by atoms with Crippen LogP contribution in [0.1, 0.15) is 6.42 Å². The molecule has 5 nitrogen and oxygen atoms in total. The molecule has 0 radical (unpaired) electrons. The fourth-order valence-corrected chi connectivity index (χ4v) is 2.50. The second kappa shape index (κ2) is 6.95. The molecule has 2 aromatic rings. The lowest BCUT2D eigenvalue weighted by Crippen LogP contribution is -2.24. The van der Waals surface area contributed by atoms with Crippen LogP contribution in [0.25, 0.3) is 10.8 Å². The van der Waals surface area contributed by atoms with Crippen LogP contribution >= 0.6 is 23.6 Å². The summed E-state index contributed by atoms with van der Waals surface area (Å²) in [5.41, 5.74) is 0. The normalized spacial score (nSPS) is 11.3. The van der Waals surface area contributed by atoms with Crippen LogP contribution in [0, 0.1) is 4.84 Å². The fourth-order valence-electron chi connectivity index (χ4n) is 1.67. The molecule has 0 unspecified atom stereocenters. The van der Waals surface area contributed by atoms with Crippen LogP contribution < -0.4 is 0 Å². The van der Waals surface area contributed by atoms with Gasteiger partial charge in [-0.15, -0.1) is 16.4 Å². The predicted octanol–water partition coefficient (Wildman–Crippen LogP) is 2.86. The van der Waals surface area contributed by atoms with E-state index in [1.807, 2.05) is 24.6 Å². The average molecular weight is 299 g/mol. The van der Waals surface area contributed by atoms with Crippen LogP contribution in [0.15, 0.2) is 21.9 Å². The molecular formula is C12H17N3O2S2. The average Bonchev–Trinajstić information content (AvgIpc) is 3.00. The van der Waals surface area contributed by atoms with Gasteiger partial charge in [-0.25, -0.2) is 4.68 Å². The van der Waals surface area contributed by atoms with E-state index >= 15 is 0 Å². The number of aromatic nitrogens is 2. The number of hydrogen-bond acceptors (Lipinski definition) is 6. The second-order valence-corrected chi connectivity index (χ2v) is 5.51. The van der Waals surface area contributed by atoms with Crippen LogP contribution in [0.3, 0.4) is 0 Å². The number of nitrogens with zero attached hydrogens (tertiary/aromatic N) is 3. The molecule has 0 spiro atoms. The van der Waals surface area contributed by atoms with Gasteiger partial charge in [-0.05, 0) is 37.1 Å². The highest BCUT2D eigenvalue weighted by Crippen LogP contribution is 2.22. The molecule has 19 heavy (non-hydrogen) atoms. The number of hydrogen-bond donors (Lipinski definition) is 0. The van der Waals surface area contributed by atoms with Crippen molar-refractivity contribution in [2.75, 3.05) is 27.3 Å². The first kappa shape index (κ1) is 14.4. The molecular weight excluding hydrogens is 282 g/mol. The van der Waals surface area contributed by atoms with Crippen molar-refractivity contribution >= 4 is 23.6 Å². The SMILES string of the molecule is COCCCN(C)Cn1nc(-c2cccs2)oc1=S. The van der Waals surface area contributed by atoms with Gasteiger partial charge in [0.2, 0.25) is 0 Å². The van der Waals surface area contributed by atoms with E-state index in [0.717, 1.165) is 24.4 Å². The van der Waals surface area contributed by atoms with Crippen molar-refractivity contribution in [2.45, 2.75) is 13.1 Å². The summed E-state index contributed by atoms with van der Waals surface area (Å²) in [5, 5.41) is 6.39. The van der Waals surface area contributed by atoms with Gasteiger partial charge in [-0.3, -0.25) is 4.90 Å². The van der Waals surface area contributed by atoms with Crippen LogP contribution in [-0.2, 0) is 11.4 Å². The summed E-state index contributed by atoms with van der Waals surface area (Å²) in [6.07, 6.45) is 0.982. The zero-order chi connectivity index (χ0) is 13.7. The van der Waals surface area contributed by atoms with Gasteiger partial charge in [0.25, 0.3) is 10.7 Å². The third-order valence-corrected chi connectivity index (χ3v) is 3.75. The summed E-state index contributed by atoms with van der Waals surface area (Å²) in [5.74, 6) is 0.588. The van der Waals surface area contributed by atoms with Crippen LogP contribution in [0.4, 0.5) is 0 Å². The van der Waals surface area contributed by atoms with Crippen molar-refractivity contribution in [1.29, 1.82) is 0 Å². The number of ether oxygens (including phenoxy) is 1. The molecule has 2 rings (SSSR count). The Hall–Kier alpha value is -1.02. The van der Waals surface area contributed by atoms with Crippen molar-refractivity contribution in [3.63, 3.8) is 0 Å². The first-order valence-corrected chi connectivity index (χ1v) is 7.29. The molecule has 0 aliphatic carbocycles. The highest BCUT2D eigenvalue weighted by molar-refractivity contribution is 7.71. The highest BCUT2D eigenvalue weighted by Gasteiger charge is 2.10. The van der Waals surface area contributed by atoms with E-state index in [4.69, 9.17) is 21.4 Å². The van der Waals surface area contributed by atoms with E-state index in [0.29, 0.717) is 17.4 Å². The van der Waals surface area contributed by atoms with E-state index in [2.05, 4.69) is 10.00 Å². The van der Waals surface area contributed by atoms with Gasteiger partial charge in [-0.1, -0.05) is 6.07 Å². The summed E-state index contributed by atoms with van der Waals surface area (Å²) in [6, 6.07) is 3.94. The highest BCUT2D eigenvalue weighted by atomic mass is 32.1. The number of thiophene rings is 1. The molecule has 7 heteroatoms. The van der Waals surface area contributed by atoms with Crippen molar-refractivity contribution in [1.82, 2.24) is 14.7 Å². The number of methoxy groups -OCH3 is 1. The summed E-state index contributed by atoms with van der Waals surface area (Å²) in [6.45, 7) is 2.31. The molecule has 2 aromatic heterocycles. The van der Waals surface area contributed by atoms with Crippen molar-refractivity contribution in [3.8, 4) is 10.8 Å². The van der Waals surface area contributed by atoms with Crippen molar-refractivity contribution in [3.05, 3.63) is 22.4 Å². The summed E-state index contributed by atoms with van der Waals surface area (Å²) < 4.78 is 12.2. The largest absolute Gasteiger partial charge is 0.408 e. The smallest absolute Gasteiger partial charge is 0.288 e. The zero-order valence-electron chi connectivity index (χ0n) is 11.0. The maximum absolute atomic E-state index is 5.51. The third-order valence-electron chi connectivity index (χ3n) is 2.60. The van der Waals surface area contributed by atoms with Crippen LogP contribution in [0.5, 0.6) is 0 Å². The lowest BCUT2D eigenvalue weighted by atomic mass is 10.4. The van der Waals surface area contributed by atoms with Gasteiger partial charge >= 0.3 is 0 Å². The van der Waals surface area contributed by atoms with E-state index in [-0.39, 0.29) is 0 Å². The fraction of sp³-hybridized carbons (Fsp3) is 0.500. The van der Waals surface area contributed by atoms with Gasteiger partial charge < -0.3 is 9.15 Å². The standard InChI is InChI=1S/C12H17N3O2S2/c1-14(6-4-7-16-2)9-15-12(18)17-11(13-15)10-5-3-8-19-10/h3,5,8H,4,6-7,9H2,1-2H3. The Morgan fingerprint density at radius 2 is 2.42 bits per heavy atom. The Morgan fingerprint density at radius 1 is 1.58 bits per heavy atom. The van der Waals surface area contributed by atoms with Gasteiger partial charge in [0.1, 0.15) is 0 Å². The summed E-state index contributed by atoms with van der Waals surface area (Å²) >= 11 is 6.78. The molecule has 2 heterocycles. The topological polar surface area (TPSA) is 43.4 Å². The monoisotopic (exact) mass is 299 g/mol. The molecule has 0 aromatic carbocycles. The van der Waals surface area contributed by atoms with E-state index in [1.165, 1.54) is 0 Å². The minimum atomic E-state index is 0.405. The summed E-state index contributed by atoms with van der Waals surface area (Å²) in [4.78, 5) is 3.53. The Kier molecular flexibility index (Phi) is 5.26. The van der Waals surface area contributed by atoms with Gasteiger partial charge in [0, 0.05) is 20.3 Å². The summed E-state index contributed by atoms with van der Waals surface area (Å²) in [7, 11) is 3.73. The molecule has 0 bridgehead atoms. The molecule has 0 amide bonds. The molecule has 0 aliphatic rings. The Bertz CT molecular complexity index is 548. The lowest BCUT2D eigenvalue weighted by molar-refractivity contribution is 0.167. The van der Waals surface area contributed by atoms with Crippen molar-refractivity contribution < 1.29 is 9.15 Å². The van der Waals surface area contributed by atoms with E-state index in [9.17, 15) is 0 Å². The zero-order valence-corrected chi connectivity index (χ0v) is 12.7. The molecule has 0 fully saturated rings. The molecule has 0 aliphatic heterocycles. The van der Waals surface area contributed by atoms with Gasteiger partial charge in [0.15, 0.2) is 0 Å². The molecule has 104 valence electrons. The third kappa shape index (κ3) is 3.97. The molecule has 0 atom stereocenters. The molecule has 0 N–H and O–H groups in total. The van der Waals surface area contributed by atoms with E-state index < -0.39 is 0 Å². The Morgan fingerprint density at radius 3 is 3.11 bits per heavy atom. The molecule has 0 saturated carbocycles. The van der Waals surface area contributed by atoms with Crippen LogP contribution in [-0.4, -0.2) is 42.0 Å². The minimum absolute atomic E-state index is 0.405. The van der Waals surface area contributed by atoms with E-state index in [1.54, 1.807) is 23.1 Å². The minimum Gasteiger partial charge on any atom is -0.408 e. The maximum Gasteiger partial charge on any atom is 0.288 e. The lowest BCUT2D eigenvalue weighted by Gasteiger charge is -2.15. The van der Waals surface area contributed by atoms with Gasteiger partial charge in [0.05, 0.1) is 11.5 Å². The predicted molar refractivity (Wildman–Crippen MR) is 77.8 cm³/mol. The van der Waals surface area contributed by atoms with Crippen LogP contribution in [0.2, 0.25) is 0 Å². The number of rotatable bonds is 7. The maximum atomic E-state index is 5.51. The first-order valence-electron chi connectivity index (χ1n) is 6.00. The van der Waals surface area contributed by atoms with Crippen molar-refractivity contribution in [2.24, 2.45) is 0 Å². The van der Waals surface area contributed by atoms with Gasteiger partial charge in [-0.2, -0.15) is 0 Å². The Balaban J connectivity index is 1.99.